The van der Waals surface area contributed by atoms with Crippen LogP contribution in [-0.4, -0.2) is 10.9 Å². The van der Waals surface area contributed by atoms with Gasteiger partial charge < -0.3 is 5.32 Å². The van der Waals surface area contributed by atoms with E-state index < -0.39 is 5.82 Å². The Morgan fingerprint density at radius 1 is 1.17 bits per heavy atom. The summed E-state index contributed by atoms with van der Waals surface area (Å²) in [4.78, 5) is 16.4. The van der Waals surface area contributed by atoms with Gasteiger partial charge in [0.1, 0.15) is 0 Å². The quantitative estimate of drug-likeness (QED) is 0.776. The molecule has 1 aromatic heterocycles. The van der Waals surface area contributed by atoms with E-state index in [0.29, 0.717) is 5.39 Å². The average Bonchev–Trinajstić information content (AvgIpc) is 3.39. The van der Waals surface area contributed by atoms with Crippen LogP contribution in [0.3, 0.4) is 0 Å². The highest BCUT2D eigenvalue weighted by atomic mass is 19.1. The highest BCUT2D eigenvalue weighted by Gasteiger charge is 2.44. The largest absolute Gasteiger partial charge is 0.323 e. The van der Waals surface area contributed by atoms with Crippen molar-refractivity contribution < 1.29 is 9.18 Å². The molecule has 3 nitrogen and oxygen atoms in total. The zero-order valence-corrected chi connectivity index (χ0v) is 13.3. The number of hydrogen-bond donors (Lipinski definition) is 1. The van der Waals surface area contributed by atoms with Gasteiger partial charge in [-0.05, 0) is 37.0 Å². The Morgan fingerprint density at radius 2 is 1.96 bits per heavy atom. The maximum absolute atomic E-state index is 14.5. The summed E-state index contributed by atoms with van der Waals surface area (Å²) in [5.41, 5.74) is 2.60. The van der Waals surface area contributed by atoms with Gasteiger partial charge in [-0.3, -0.25) is 9.78 Å². The van der Waals surface area contributed by atoms with Crippen molar-refractivity contribution in [2.75, 3.05) is 5.32 Å². The number of nitrogens with one attached hydrogen (secondary N) is 1. The van der Waals surface area contributed by atoms with E-state index in [1.165, 1.54) is 11.1 Å². The fraction of sp³-hybridized carbons (Fsp3) is 0.200. The van der Waals surface area contributed by atoms with Crippen LogP contribution in [0.15, 0.2) is 54.9 Å². The summed E-state index contributed by atoms with van der Waals surface area (Å²) < 4.78 is 14.5. The second-order valence-electron chi connectivity index (χ2n) is 6.37. The number of rotatable bonds is 3. The predicted molar refractivity (Wildman–Crippen MR) is 92.4 cm³/mol. The number of benzene rings is 2. The minimum absolute atomic E-state index is 0.0831. The molecule has 4 heteroatoms. The van der Waals surface area contributed by atoms with Gasteiger partial charge in [-0.25, -0.2) is 4.39 Å². The molecule has 1 saturated carbocycles. The number of carbonyl (C=O) groups excluding carboxylic acids is 1. The number of aromatic nitrogens is 1. The van der Waals surface area contributed by atoms with E-state index >= 15 is 0 Å². The molecule has 0 radical (unpaired) electrons. The molecule has 2 aromatic carbocycles. The van der Waals surface area contributed by atoms with Gasteiger partial charge in [-0.15, -0.1) is 0 Å². The fourth-order valence-corrected chi connectivity index (χ4v) is 3.12. The lowest BCUT2D eigenvalue weighted by Crippen LogP contribution is -2.15. The Hall–Kier alpha value is -2.75. The lowest BCUT2D eigenvalue weighted by atomic mass is 10.1. The maximum Gasteiger partial charge on any atom is 0.228 e. The van der Waals surface area contributed by atoms with Crippen LogP contribution in [0.1, 0.15) is 23.5 Å². The zero-order valence-electron chi connectivity index (χ0n) is 13.3. The minimum Gasteiger partial charge on any atom is -0.323 e. The molecule has 1 aliphatic carbocycles. The molecule has 0 saturated heterocycles. The molecule has 2 atom stereocenters. The second kappa shape index (κ2) is 5.71. The monoisotopic (exact) mass is 320 g/mol. The molecule has 0 aliphatic heterocycles. The molecular formula is C20H17FN2O. The Balaban J connectivity index is 1.51. The highest BCUT2D eigenvalue weighted by molar-refractivity contribution is 5.97. The van der Waals surface area contributed by atoms with Crippen LogP contribution in [0, 0.1) is 18.7 Å². The summed E-state index contributed by atoms with van der Waals surface area (Å²) in [6.07, 6.45) is 3.97. The Kier molecular flexibility index (Phi) is 3.53. The number of carbonyl (C=O) groups is 1. The summed E-state index contributed by atoms with van der Waals surface area (Å²) in [6, 6.07) is 13.2. The number of nitrogens with zero attached hydrogens (tertiary/aromatic N) is 1. The van der Waals surface area contributed by atoms with Crippen LogP contribution in [0.5, 0.6) is 0 Å². The number of aryl methyl sites for hydroxylation is 1. The summed E-state index contributed by atoms with van der Waals surface area (Å²) in [6.45, 7) is 2.04. The summed E-state index contributed by atoms with van der Waals surface area (Å²) in [5, 5.41) is 3.93. The van der Waals surface area contributed by atoms with Crippen LogP contribution >= 0.6 is 0 Å². The van der Waals surface area contributed by atoms with E-state index in [9.17, 15) is 9.18 Å². The topological polar surface area (TPSA) is 42.0 Å². The van der Waals surface area contributed by atoms with Crippen molar-refractivity contribution >= 4 is 22.4 Å². The van der Waals surface area contributed by atoms with Crippen LogP contribution < -0.4 is 5.32 Å². The van der Waals surface area contributed by atoms with Crippen molar-refractivity contribution in [1.29, 1.82) is 0 Å². The number of amides is 1. The van der Waals surface area contributed by atoms with Crippen molar-refractivity contribution in [3.05, 3.63) is 71.8 Å². The number of fused-ring (bicyclic) bond motifs is 1. The molecular weight excluding hydrogens is 303 g/mol. The van der Waals surface area contributed by atoms with Crippen molar-refractivity contribution in [2.24, 2.45) is 5.92 Å². The molecule has 3 aromatic rings. The first-order chi connectivity index (χ1) is 11.6. The third kappa shape index (κ3) is 2.64. The van der Waals surface area contributed by atoms with E-state index in [1.807, 2.05) is 6.92 Å². The van der Waals surface area contributed by atoms with E-state index in [1.54, 1.807) is 30.6 Å². The third-order valence-corrected chi connectivity index (χ3v) is 4.64. The van der Waals surface area contributed by atoms with Gasteiger partial charge in [0.25, 0.3) is 0 Å². The number of hydrogen-bond acceptors (Lipinski definition) is 2. The molecule has 1 fully saturated rings. The summed E-state index contributed by atoms with van der Waals surface area (Å²) in [5.74, 6) is -0.373. The molecule has 24 heavy (non-hydrogen) atoms. The van der Waals surface area contributed by atoms with Crippen LogP contribution in [0.25, 0.3) is 10.8 Å². The van der Waals surface area contributed by atoms with Gasteiger partial charge in [-0.1, -0.05) is 35.9 Å². The van der Waals surface area contributed by atoms with Crippen molar-refractivity contribution in [3.8, 4) is 0 Å². The molecule has 1 heterocycles. The standard InChI is InChI=1S/C20H17FN2O/c1-12-2-4-13(5-3-12)16-10-17(16)20(24)23-18-7-6-14-11-22-9-8-15(14)19(18)21/h2-9,11,16-17H,10H2,1H3,(H,23,24). The first kappa shape index (κ1) is 14.8. The molecule has 120 valence electrons. The van der Waals surface area contributed by atoms with E-state index in [0.717, 1.165) is 11.8 Å². The average molecular weight is 320 g/mol. The minimum atomic E-state index is -0.407. The lowest BCUT2D eigenvalue weighted by Gasteiger charge is -2.08. The van der Waals surface area contributed by atoms with Gasteiger partial charge in [0.15, 0.2) is 5.82 Å². The zero-order chi connectivity index (χ0) is 16.7. The maximum atomic E-state index is 14.5. The SMILES string of the molecule is Cc1ccc(C2CC2C(=O)Nc2ccc3cnccc3c2F)cc1. The van der Waals surface area contributed by atoms with Gasteiger partial charge >= 0.3 is 0 Å². The van der Waals surface area contributed by atoms with Gasteiger partial charge in [0.2, 0.25) is 5.91 Å². The van der Waals surface area contributed by atoms with Gasteiger partial charge in [-0.2, -0.15) is 0 Å². The first-order valence-corrected chi connectivity index (χ1v) is 8.03. The van der Waals surface area contributed by atoms with Crippen LogP contribution in [0.2, 0.25) is 0 Å². The van der Waals surface area contributed by atoms with E-state index in [4.69, 9.17) is 0 Å². The van der Waals surface area contributed by atoms with Gasteiger partial charge in [0, 0.05) is 29.1 Å². The summed E-state index contributed by atoms with van der Waals surface area (Å²) in [7, 11) is 0. The highest BCUT2D eigenvalue weighted by Crippen LogP contribution is 2.48. The van der Waals surface area contributed by atoms with E-state index in [2.05, 4.69) is 34.6 Å². The van der Waals surface area contributed by atoms with Crippen LogP contribution in [0.4, 0.5) is 10.1 Å². The van der Waals surface area contributed by atoms with Crippen LogP contribution in [-0.2, 0) is 4.79 Å². The number of halogens is 1. The Bertz CT molecular complexity index is 921. The van der Waals surface area contributed by atoms with Crippen molar-refractivity contribution in [1.82, 2.24) is 4.98 Å². The van der Waals surface area contributed by atoms with Gasteiger partial charge in [0.05, 0.1) is 5.69 Å². The van der Waals surface area contributed by atoms with E-state index in [-0.39, 0.29) is 23.4 Å². The second-order valence-corrected chi connectivity index (χ2v) is 6.37. The molecule has 1 amide bonds. The van der Waals surface area contributed by atoms with Crippen molar-refractivity contribution in [2.45, 2.75) is 19.3 Å². The molecule has 0 bridgehead atoms. The third-order valence-electron chi connectivity index (χ3n) is 4.64. The molecule has 1 N–H and O–H groups in total. The molecule has 0 spiro atoms. The fourth-order valence-electron chi connectivity index (χ4n) is 3.12. The number of anilines is 1. The van der Waals surface area contributed by atoms with Crippen molar-refractivity contribution in [3.63, 3.8) is 0 Å². The normalized spacial score (nSPS) is 19.2. The summed E-state index contributed by atoms with van der Waals surface area (Å²) >= 11 is 0. The Labute approximate surface area is 139 Å². The predicted octanol–water partition coefficient (Wildman–Crippen LogP) is 4.42. The first-order valence-electron chi connectivity index (χ1n) is 8.03. The smallest absolute Gasteiger partial charge is 0.228 e. The Morgan fingerprint density at radius 3 is 2.75 bits per heavy atom. The number of pyridine rings is 1. The molecule has 2 unspecified atom stereocenters. The molecule has 4 rings (SSSR count). The molecule has 1 aliphatic rings. The lowest BCUT2D eigenvalue weighted by molar-refractivity contribution is -0.117.